The molecular formula is C14H11Cl2N3. The minimum absolute atomic E-state index is 0.600. The summed E-state index contributed by atoms with van der Waals surface area (Å²) in [5, 5.41) is 5.80. The van der Waals surface area contributed by atoms with Gasteiger partial charge < -0.3 is 0 Å². The van der Waals surface area contributed by atoms with Crippen LogP contribution in [0.3, 0.4) is 0 Å². The van der Waals surface area contributed by atoms with Crippen LogP contribution in [0.1, 0.15) is 11.3 Å². The summed E-state index contributed by atoms with van der Waals surface area (Å²) in [5.41, 5.74) is 4.43. The predicted molar refractivity (Wildman–Crippen MR) is 77.9 cm³/mol. The van der Waals surface area contributed by atoms with Gasteiger partial charge in [-0.1, -0.05) is 35.3 Å². The topological polar surface area (TPSA) is 30.2 Å². The first-order chi connectivity index (χ1) is 9.06. The molecular weight excluding hydrogens is 281 g/mol. The number of fused-ring (bicyclic) bond motifs is 1. The average molecular weight is 292 g/mol. The molecule has 0 radical (unpaired) electrons. The summed E-state index contributed by atoms with van der Waals surface area (Å²) in [6.07, 6.45) is 0. The van der Waals surface area contributed by atoms with Crippen LogP contribution in [0.2, 0.25) is 10.2 Å². The van der Waals surface area contributed by atoms with Gasteiger partial charge in [0.15, 0.2) is 5.65 Å². The number of aryl methyl sites for hydroxylation is 1. The second-order valence-corrected chi connectivity index (χ2v) is 5.21. The third-order valence-corrected chi connectivity index (χ3v) is 3.85. The van der Waals surface area contributed by atoms with Crippen molar-refractivity contribution in [3.8, 4) is 11.3 Å². The molecule has 2 aromatic heterocycles. The second-order valence-electron chi connectivity index (χ2n) is 4.42. The van der Waals surface area contributed by atoms with E-state index < -0.39 is 0 Å². The van der Waals surface area contributed by atoms with Gasteiger partial charge in [-0.3, -0.25) is 0 Å². The lowest BCUT2D eigenvalue weighted by molar-refractivity contribution is 0.919. The van der Waals surface area contributed by atoms with Gasteiger partial charge >= 0.3 is 0 Å². The molecule has 0 saturated carbocycles. The van der Waals surface area contributed by atoms with Crippen LogP contribution < -0.4 is 0 Å². The summed E-state index contributed by atoms with van der Waals surface area (Å²) in [7, 11) is 0. The highest BCUT2D eigenvalue weighted by molar-refractivity contribution is 6.30. The largest absolute Gasteiger partial charge is 0.233 e. The molecule has 0 aliphatic carbocycles. The molecule has 0 unspecified atom stereocenters. The molecule has 0 aliphatic heterocycles. The van der Waals surface area contributed by atoms with Crippen molar-refractivity contribution in [2.45, 2.75) is 13.8 Å². The van der Waals surface area contributed by atoms with E-state index in [1.165, 1.54) is 0 Å². The van der Waals surface area contributed by atoms with Gasteiger partial charge in [-0.05, 0) is 26.0 Å². The fourth-order valence-corrected chi connectivity index (χ4v) is 2.31. The van der Waals surface area contributed by atoms with Crippen LogP contribution in [0.4, 0.5) is 0 Å². The number of hydrogen-bond donors (Lipinski definition) is 0. The predicted octanol–water partition coefficient (Wildman–Crippen LogP) is 4.32. The van der Waals surface area contributed by atoms with Crippen LogP contribution in [0.25, 0.3) is 16.9 Å². The Morgan fingerprint density at radius 3 is 2.42 bits per heavy atom. The van der Waals surface area contributed by atoms with Crippen molar-refractivity contribution in [2.75, 3.05) is 0 Å². The van der Waals surface area contributed by atoms with E-state index in [1.54, 1.807) is 4.52 Å². The molecule has 19 heavy (non-hydrogen) atoms. The highest BCUT2D eigenvalue weighted by atomic mass is 35.5. The maximum Gasteiger partial charge on any atom is 0.157 e. The lowest BCUT2D eigenvalue weighted by Gasteiger charge is -2.03. The minimum Gasteiger partial charge on any atom is -0.233 e. The molecule has 0 atom stereocenters. The van der Waals surface area contributed by atoms with Crippen LogP contribution in [0.15, 0.2) is 30.3 Å². The Kier molecular flexibility index (Phi) is 2.96. The van der Waals surface area contributed by atoms with E-state index in [2.05, 4.69) is 10.1 Å². The Labute approximate surface area is 120 Å². The Balaban J connectivity index is 2.22. The first kappa shape index (κ1) is 12.5. The van der Waals surface area contributed by atoms with E-state index in [0.717, 1.165) is 28.2 Å². The van der Waals surface area contributed by atoms with Crippen molar-refractivity contribution >= 4 is 28.8 Å². The van der Waals surface area contributed by atoms with Gasteiger partial charge in [-0.25, -0.2) is 9.50 Å². The summed E-state index contributed by atoms with van der Waals surface area (Å²) >= 11 is 12.2. The quantitative estimate of drug-likeness (QED) is 0.625. The molecule has 0 N–H and O–H groups in total. The normalized spacial score (nSPS) is 11.2. The highest BCUT2D eigenvalue weighted by Gasteiger charge is 2.11. The van der Waals surface area contributed by atoms with Gasteiger partial charge in [0, 0.05) is 27.9 Å². The van der Waals surface area contributed by atoms with Crippen molar-refractivity contribution in [1.29, 1.82) is 0 Å². The van der Waals surface area contributed by atoms with Crippen molar-refractivity contribution in [1.82, 2.24) is 14.6 Å². The monoisotopic (exact) mass is 291 g/mol. The molecule has 96 valence electrons. The zero-order valence-electron chi connectivity index (χ0n) is 10.5. The minimum atomic E-state index is 0.600. The molecule has 0 saturated heterocycles. The molecule has 0 aliphatic rings. The molecule has 0 spiro atoms. The lowest BCUT2D eigenvalue weighted by Crippen LogP contribution is -1.98. The highest BCUT2D eigenvalue weighted by Crippen LogP contribution is 2.25. The molecule has 2 heterocycles. The van der Waals surface area contributed by atoms with E-state index in [9.17, 15) is 0 Å². The number of hydrogen-bond acceptors (Lipinski definition) is 2. The summed E-state index contributed by atoms with van der Waals surface area (Å²) in [5.74, 6) is 0. The third-order valence-electron chi connectivity index (χ3n) is 3.15. The van der Waals surface area contributed by atoms with Gasteiger partial charge in [0.05, 0.1) is 5.69 Å². The van der Waals surface area contributed by atoms with Crippen LogP contribution >= 0.6 is 23.2 Å². The van der Waals surface area contributed by atoms with Crippen LogP contribution in [-0.2, 0) is 0 Å². The zero-order chi connectivity index (χ0) is 13.6. The molecule has 1 aromatic carbocycles. The van der Waals surface area contributed by atoms with E-state index >= 15 is 0 Å². The maximum atomic E-state index is 6.30. The van der Waals surface area contributed by atoms with Gasteiger partial charge in [0.25, 0.3) is 0 Å². The number of rotatable bonds is 1. The average Bonchev–Trinajstić information content (AvgIpc) is 2.81. The van der Waals surface area contributed by atoms with Crippen molar-refractivity contribution in [3.05, 3.63) is 51.8 Å². The zero-order valence-corrected chi connectivity index (χ0v) is 12.0. The van der Waals surface area contributed by atoms with Crippen molar-refractivity contribution in [3.63, 3.8) is 0 Å². The number of aromatic nitrogens is 3. The molecule has 5 heteroatoms. The van der Waals surface area contributed by atoms with Gasteiger partial charge in [-0.2, -0.15) is 5.10 Å². The van der Waals surface area contributed by atoms with Crippen LogP contribution in [0, 0.1) is 13.8 Å². The van der Waals surface area contributed by atoms with Crippen molar-refractivity contribution < 1.29 is 0 Å². The smallest absolute Gasteiger partial charge is 0.157 e. The lowest BCUT2D eigenvalue weighted by atomic mass is 10.1. The van der Waals surface area contributed by atoms with E-state index in [-0.39, 0.29) is 0 Å². The van der Waals surface area contributed by atoms with E-state index in [0.29, 0.717) is 10.2 Å². The standard InChI is InChI=1S/C14H11Cl2N3/c1-8-9(2)17-13-7-12(18-19(13)14(8)16)10-3-5-11(15)6-4-10/h3-7H,1-2H3. The fraction of sp³-hybridized carbons (Fsp3) is 0.143. The van der Waals surface area contributed by atoms with E-state index in [4.69, 9.17) is 23.2 Å². The van der Waals surface area contributed by atoms with Crippen LogP contribution in [-0.4, -0.2) is 14.6 Å². The number of benzene rings is 1. The fourth-order valence-electron chi connectivity index (χ4n) is 1.92. The molecule has 0 bridgehead atoms. The molecule has 3 nitrogen and oxygen atoms in total. The van der Waals surface area contributed by atoms with Crippen molar-refractivity contribution in [2.24, 2.45) is 0 Å². The first-order valence-corrected chi connectivity index (χ1v) is 6.60. The molecule has 3 rings (SSSR count). The van der Waals surface area contributed by atoms with E-state index in [1.807, 2.05) is 44.2 Å². The van der Waals surface area contributed by atoms with Crippen LogP contribution in [0.5, 0.6) is 0 Å². The SMILES string of the molecule is Cc1nc2cc(-c3ccc(Cl)cc3)nn2c(Cl)c1C. The second kappa shape index (κ2) is 4.51. The molecule has 0 fully saturated rings. The summed E-state index contributed by atoms with van der Waals surface area (Å²) in [6.45, 7) is 3.88. The number of halogens is 2. The van der Waals surface area contributed by atoms with Gasteiger partial charge in [0.2, 0.25) is 0 Å². The maximum absolute atomic E-state index is 6.30. The summed E-state index contributed by atoms with van der Waals surface area (Å²) in [6, 6.07) is 9.45. The van der Waals surface area contributed by atoms with Gasteiger partial charge in [0.1, 0.15) is 5.15 Å². The first-order valence-electron chi connectivity index (χ1n) is 5.84. The molecule has 0 amide bonds. The van der Waals surface area contributed by atoms with Gasteiger partial charge in [-0.15, -0.1) is 0 Å². The Hall–Kier alpha value is -1.58. The Morgan fingerprint density at radius 1 is 1.05 bits per heavy atom. The Bertz CT molecular complexity index is 760. The Morgan fingerprint density at radius 2 is 1.74 bits per heavy atom. The summed E-state index contributed by atoms with van der Waals surface area (Å²) in [4.78, 5) is 4.49. The third kappa shape index (κ3) is 2.09. The number of nitrogens with zero attached hydrogens (tertiary/aromatic N) is 3. The molecule has 3 aromatic rings. The summed E-state index contributed by atoms with van der Waals surface area (Å²) < 4.78 is 1.66.